The first-order valence-corrected chi connectivity index (χ1v) is 6.63. The highest BCUT2D eigenvalue weighted by Gasteiger charge is 2.36. The standard InChI is InChI=1S/C15H16N2O6/c1-23-17-12(13(18)19)7-15(22,14(20)21)6-9-8-16-11-5-3-2-4-10(9)11/h2-5,7-8,16-17,22H,6H2,1H3,(H,18,19)(H,20,21). The number of rotatable bonds is 7. The Balaban J connectivity index is 2.43. The van der Waals surface area contributed by atoms with Crippen molar-refractivity contribution in [3.05, 3.63) is 47.8 Å². The molecule has 0 radical (unpaired) electrons. The van der Waals surface area contributed by atoms with Gasteiger partial charge in [0.1, 0.15) is 5.70 Å². The number of nitrogens with one attached hydrogen (secondary N) is 2. The summed E-state index contributed by atoms with van der Waals surface area (Å²) in [5.74, 6) is -3.02. The smallest absolute Gasteiger partial charge is 0.354 e. The van der Waals surface area contributed by atoms with Gasteiger partial charge in [-0.3, -0.25) is 10.3 Å². The van der Waals surface area contributed by atoms with Crippen LogP contribution in [0.25, 0.3) is 10.9 Å². The van der Waals surface area contributed by atoms with E-state index in [1.165, 1.54) is 7.11 Å². The Labute approximate surface area is 131 Å². The number of fused-ring (bicyclic) bond motifs is 1. The van der Waals surface area contributed by atoms with Gasteiger partial charge in [0.25, 0.3) is 0 Å². The van der Waals surface area contributed by atoms with E-state index >= 15 is 0 Å². The van der Waals surface area contributed by atoms with E-state index in [4.69, 9.17) is 5.11 Å². The van der Waals surface area contributed by atoms with Crippen LogP contribution < -0.4 is 5.48 Å². The fraction of sp³-hybridized carbons (Fsp3) is 0.200. The fourth-order valence-electron chi connectivity index (χ4n) is 2.24. The molecule has 23 heavy (non-hydrogen) atoms. The molecule has 0 saturated heterocycles. The van der Waals surface area contributed by atoms with Crippen LogP contribution in [0, 0.1) is 0 Å². The van der Waals surface area contributed by atoms with Gasteiger partial charge in [-0.2, -0.15) is 0 Å². The van der Waals surface area contributed by atoms with E-state index in [0.717, 1.165) is 10.9 Å². The molecule has 0 spiro atoms. The summed E-state index contributed by atoms with van der Waals surface area (Å²) >= 11 is 0. The first kappa shape index (κ1) is 16.5. The molecule has 1 aromatic heterocycles. The van der Waals surface area contributed by atoms with Crippen LogP contribution >= 0.6 is 0 Å². The molecule has 8 nitrogen and oxygen atoms in total. The molecule has 0 aliphatic rings. The van der Waals surface area contributed by atoms with Crippen molar-refractivity contribution in [3.8, 4) is 0 Å². The second kappa shape index (κ2) is 6.51. The van der Waals surface area contributed by atoms with Crippen LogP contribution in [0.1, 0.15) is 5.56 Å². The largest absolute Gasteiger partial charge is 0.479 e. The number of carboxylic acid groups (broad SMARTS) is 2. The number of carboxylic acids is 2. The summed E-state index contributed by atoms with van der Waals surface area (Å²) < 4.78 is 0. The molecule has 122 valence electrons. The second-order valence-electron chi connectivity index (χ2n) is 4.94. The predicted octanol–water partition coefficient (Wildman–Crippen LogP) is 0.646. The fourth-order valence-corrected chi connectivity index (χ4v) is 2.24. The number of carbonyl (C=O) groups is 2. The zero-order chi connectivity index (χ0) is 17.0. The van der Waals surface area contributed by atoms with Crippen molar-refractivity contribution in [2.75, 3.05) is 7.11 Å². The van der Waals surface area contributed by atoms with Crippen LogP contribution in [0.3, 0.4) is 0 Å². The average Bonchev–Trinajstić information content (AvgIpc) is 2.90. The molecule has 0 aliphatic heterocycles. The van der Waals surface area contributed by atoms with Crippen molar-refractivity contribution in [1.29, 1.82) is 0 Å². The molecule has 0 fully saturated rings. The lowest BCUT2D eigenvalue weighted by Crippen LogP contribution is -2.40. The Morgan fingerprint density at radius 1 is 1.35 bits per heavy atom. The number of H-pyrrole nitrogens is 1. The third kappa shape index (κ3) is 3.50. The van der Waals surface area contributed by atoms with Crippen LogP contribution in [0.2, 0.25) is 0 Å². The second-order valence-corrected chi connectivity index (χ2v) is 4.94. The van der Waals surface area contributed by atoms with Gasteiger partial charge in [0, 0.05) is 23.5 Å². The molecule has 0 aliphatic carbocycles. The number of hydrogen-bond donors (Lipinski definition) is 5. The van der Waals surface area contributed by atoms with Crippen molar-refractivity contribution in [2.45, 2.75) is 12.0 Å². The zero-order valence-electron chi connectivity index (χ0n) is 12.2. The number of aromatic amines is 1. The first-order valence-electron chi connectivity index (χ1n) is 6.63. The molecule has 2 rings (SSSR count). The maximum absolute atomic E-state index is 11.5. The van der Waals surface area contributed by atoms with E-state index in [-0.39, 0.29) is 6.42 Å². The lowest BCUT2D eigenvalue weighted by molar-refractivity contribution is -0.153. The van der Waals surface area contributed by atoms with Crippen molar-refractivity contribution >= 4 is 22.8 Å². The van der Waals surface area contributed by atoms with Crippen LogP contribution in [0.5, 0.6) is 0 Å². The molecule has 0 amide bonds. The van der Waals surface area contributed by atoms with E-state index in [2.05, 4.69) is 9.82 Å². The maximum atomic E-state index is 11.5. The quantitative estimate of drug-likeness (QED) is 0.374. The Hall–Kier alpha value is -2.84. The molecule has 2 aromatic rings. The molecule has 1 aromatic carbocycles. The Bertz CT molecular complexity index is 766. The van der Waals surface area contributed by atoms with Crippen molar-refractivity contribution < 1.29 is 29.7 Å². The summed E-state index contributed by atoms with van der Waals surface area (Å²) in [7, 11) is 1.18. The minimum Gasteiger partial charge on any atom is -0.479 e. The van der Waals surface area contributed by atoms with E-state index in [9.17, 15) is 19.8 Å². The van der Waals surface area contributed by atoms with E-state index in [0.29, 0.717) is 11.6 Å². The molecule has 5 N–H and O–H groups in total. The van der Waals surface area contributed by atoms with Gasteiger partial charge in [-0.25, -0.2) is 9.59 Å². The molecule has 8 heteroatoms. The summed E-state index contributed by atoms with van der Waals surface area (Å²) in [5.41, 5.74) is 0.386. The van der Waals surface area contributed by atoms with Crippen LogP contribution in [-0.4, -0.2) is 45.0 Å². The topological polar surface area (TPSA) is 132 Å². The highest BCUT2D eigenvalue weighted by atomic mass is 16.6. The highest BCUT2D eigenvalue weighted by molar-refractivity contribution is 5.90. The maximum Gasteiger partial charge on any atom is 0.354 e. The lowest BCUT2D eigenvalue weighted by atomic mass is 9.93. The monoisotopic (exact) mass is 320 g/mol. The number of para-hydroxylation sites is 1. The Morgan fingerprint density at radius 2 is 2.04 bits per heavy atom. The minimum atomic E-state index is -2.41. The van der Waals surface area contributed by atoms with Gasteiger partial charge in [0.15, 0.2) is 5.60 Å². The summed E-state index contributed by atoms with van der Waals surface area (Å²) in [6, 6.07) is 7.18. The van der Waals surface area contributed by atoms with Crippen LogP contribution in [0.4, 0.5) is 0 Å². The minimum absolute atomic E-state index is 0.311. The summed E-state index contributed by atoms with van der Waals surface area (Å²) in [5, 5.41) is 29.5. The van der Waals surface area contributed by atoms with Crippen molar-refractivity contribution in [3.63, 3.8) is 0 Å². The van der Waals surface area contributed by atoms with Crippen molar-refractivity contribution in [2.24, 2.45) is 0 Å². The SMILES string of the molecule is CONC(=CC(O)(Cc1c[nH]c2ccccc12)C(=O)O)C(=O)O. The van der Waals surface area contributed by atoms with Gasteiger partial charge in [0.05, 0.1) is 7.11 Å². The van der Waals surface area contributed by atoms with Crippen molar-refractivity contribution in [1.82, 2.24) is 10.5 Å². The van der Waals surface area contributed by atoms with Gasteiger partial charge in [-0.05, 0) is 17.7 Å². The molecule has 0 saturated carbocycles. The average molecular weight is 320 g/mol. The van der Waals surface area contributed by atoms with Gasteiger partial charge < -0.3 is 20.3 Å². The van der Waals surface area contributed by atoms with E-state index in [1.807, 2.05) is 17.6 Å². The number of benzene rings is 1. The van der Waals surface area contributed by atoms with Crippen LogP contribution in [0.15, 0.2) is 42.2 Å². The summed E-state index contributed by atoms with van der Waals surface area (Å²) in [4.78, 5) is 30.0. The van der Waals surface area contributed by atoms with Gasteiger partial charge in [-0.1, -0.05) is 18.2 Å². The molecule has 1 unspecified atom stereocenters. The van der Waals surface area contributed by atoms with E-state index < -0.39 is 23.2 Å². The molecule has 0 bridgehead atoms. The molecule has 1 atom stereocenters. The summed E-state index contributed by atoms with van der Waals surface area (Å²) in [6.45, 7) is 0. The van der Waals surface area contributed by atoms with Gasteiger partial charge in [0.2, 0.25) is 0 Å². The number of aliphatic hydroxyl groups is 1. The molecular formula is C15H16N2O6. The van der Waals surface area contributed by atoms with Gasteiger partial charge >= 0.3 is 11.9 Å². The number of hydroxylamine groups is 1. The number of aliphatic carboxylic acids is 2. The van der Waals surface area contributed by atoms with E-state index in [1.54, 1.807) is 18.3 Å². The third-order valence-corrected chi connectivity index (χ3v) is 3.33. The van der Waals surface area contributed by atoms with Gasteiger partial charge in [-0.15, -0.1) is 0 Å². The molecule has 1 heterocycles. The Kier molecular flexibility index (Phi) is 4.68. The Morgan fingerprint density at radius 3 is 2.65 bits per heavy atom. The number of hydrogen-bond acceptors (Lipinski definition) is 5. The lowest BCUT2D eigenvalue weighted by Gasteiger charge is -2.20. The third-order valence-electron chi connectivity index (χ3n) is 3.33. The predicted molar refractivity (Wildman–Crippen MR) is 80.5 cm³/mol. The first-order chi connectivity index (χ1) is 10.9. The molecular weight excluding hydrogens is 304 g/mol. The normalized spacial score (nSPS) is 14.4. The van der Waals surface area contributed by atoms with Crippen LogP contribution in [-0.2, 0) is 20.8 Å². The zero-order valence-corrected chi connectivity index (χ0v) is 12.2. The number of aromatic nitrogens is 1. The summed E-state index contributed by atoms with van der Waals surface area (Å²) in [6.07, 6.45) is 1.98. The highest BCUT2D eigenvalue weighted by Crippen LogP contribution is 2.24.